The van der Waals surface area contributed by atoms with Crippen LogP contribution in [0.1, 0.15) is 40.5 Å². The van der Waals surface area contributed by atoms with Crippen LogP contribution in [0, 0.1) is 5.92 Å². The van der Waals surface area contributed by atoms with Crippen LogP contribution in [-0.2, 0) is 4.74 Å². The van der Waals surface area contributed by atoms with Crippen LogP contribution in [0.25, 0.3) is 0 Å². The Morgan fingerprint density at radius 3 is 2.31 bits per heavy atom. The third-order valence-corrected chi connectivity index (χ3v) is 6.71. The van der Waals surface area contributed by atoms with Crippen LogP contribution in [0.15, 0.2) is 60.7 Å². The van der Waals surface area contributed by atoms with Crippen LogP contribution in [0.5, 0.6) is 0 Å². The van der Waals surface area contributed by atoms with Gasteiger partial charge in [0.2, 0.25) is 0 Å². The molecule has 0 aliphatic carbocycles. The number of rotatable bonds is 6. The summed E-state index contributed by atoms with van der Waals surface area (Å²) in [7, 11) is 2.09. The number of urea groups is 1. The average Bonchev–Trinajstić information content (AvgIpc) is 3.04. The molecule has 8 heteroatoms. The highest BCUT2D eigenvalue weighted by Gasteiger charge is 2.61. The first-order chi connectivity index (χ1) is 15.3. The van der Waals surface area contributed by atoms with E-state index in [1.807, 2.05) is 6.92 Å². The minimum absolute atomic E-state index is 0.0316. The Morgan fingerprint density at radius 1 is 1.12 bits per heavy atom. The molecule has 168 valence electrons. The number of Topliss-reactive ketones (excluding diaryl/α,β-unsaturated/α-hetero) is 2. The molecule has 2 aromatic rings. The molecule has 6 atom stereocenters. The zero-order valence-electron chi connectivity index (χ0n) is 17.7. The SMILES string of the molecule is CC1CCN([C@@H]2O[C@H](CC(=O)c3ccccc3)[C@@H](C(=O)c3ccccc3)[C@@]2(F)P)C(=O)N1. The van der Waals surface area contributed by atoms with Crippen LogP contribution in [0.2, 0.25) is 0 Å². The van der Waals surface area contributed by atoms with Crippen LogP contribution < -0.4 is 5.32 Å². The van der Waals surface area contributed by atoms with Gasteiger partial charge in [0.25, 0.3) is 0 Å². The van der Waals surface area contributed by atoms with Gasteiger partial charge < -0.3 is 10.1 Å². The van der Waals surface area contributed by atoms with Crippen LogP contribution in [-0.4, -0.2) is 52.8 Å². The van der Waals surface area contributed by atoms with Gasteiger partial charge in [0.05, 0.1) is 12.0 Å². The van der Waals surface area contributed by atoms with Gasteiger partial charge >= 0.3 is 6.03 Å². The lowest BCUT2D eigenvalue weighted by Crippen LogP contribution is -2.58. The highest BCUT2D eigenvalue weighted by molar-refractivity contribution is 7.18. The largest absolute Gasteiger partial charge is 0.350 e. The van der Waals surface area contributed by atoms with Gasteiger partial charge in [0.15, 0.2) is 23.2 Å². The van der Waals surface area contributed by atoms with Gasteiger partial charge in [-0.1, -0.05) is 69.9 Å². The molecule has 2 amide bonds. The Hall–Kier alpha value is -2.63. The fourth-order valence-corrected chi connectivity index (χ4v) is 4.99. The molecular formula is C24H26FN2O4P. The third kappa shape index (κ3) is 4.32. The van der Waals surface area contributed by atoms with Gasteiger partial charge in [0, 0.05) is 30.1 Å². The summed E-state index contributed by atoms with van der Waals surface area (Å²) in [5, 5.41) is 0.523. The van der Waals surface area contributed by atoms with Gasteiger partial charge in [-0.2, -0.15) is 0 Å². The van der Waals surface area contributed by atoms with Crippen molar-refractivity contribution in [1.82, 2.24) is 10.2 Å². The van der Waals surface area contributed by atoms with Crippen molar-refractivity contribution < 1.29 is 23.5 Å². The van der Waals surface area contributed by atoms with E-state index in [0.29, 0.717) is 24.1 Å². The number of alkyl halides is 1. The number of nitrogens with one attached hydrogen (secondary N) is 1. The maximum atomic E-state index is 16.3. The summed E-state index contributed by atoms with van der Waals surface area (Å²) in [6.07, 6.45) is -1.87. The molecule has 0 aromatic heterocycles. The van der Waals surface area contributed by atoms with Crippen molar-refractivity contribution >= 4 is 26.8 Å². The maximum absolute atomic E-state index is 16.3. The summed E-state index contributed by atoms with van der Waals surface area (Å²) in [6, 6.07) is 16.5. The van der Waals surface area contributed by atoms with Crippen molar-refractivity contribution in [2.45, 2.75) is 43.5 Å². The van der Waals surface area contributed by atoms with Crippen molar-refractivity contribution in [3.63, 3.8) is 0 Å². The van der Waals surface area contributed by atoms with Crippen molar-refractivity contribution in [3.8, 4) is 0 Å². The Kier molecular flexibility index (Phi) is 6.40. The number of amides is 2. The average molecular weight is 456 g/mol. The predicted molar refractivity (Wildman–Crippen MR) is 121 cm³/mol. The number of carbonyl (C=O) groups is 3. The normalized spacial score (nSPS) is 30.1. The van der Waals surface area contributed by atoms with E-state index in [1.54, 1.807) is 60.7 Å². The lowest BCUT2D eigenvalue weighted by atomic mass is 9.86. The number of ether oxygens (including phenoxy) is 1. The van der Waals surface area contributed by atoms with Crippen LogP contribution in [0.4, 0.5) is 9.18 Å². The summed E-state index contributed by atoms with van der Waals surface area (Å²) < 4.78 is 22.3. The first kappa shape index (κ1) is 22.6. The summed E-state index contributed by atoms with van der Waals surface area (Å²) >= 11 is 0. The Morgan fingerprint density at radius 2 is 1.72 bits per heavy atom. The van der Waals surface area contributed by atoms with Gasteiger partial charge in [-0.05, 0) is 13.3 Å². The standard InChI is InChI=1S/C24H26FN2O4P/c1-15-12-13-27(23(30)26-15)22-24(25,32)20(21(29)17-10-6-3-7-11-17)19(31-22)14-18(28)16-8-4-2-5-9-16/h2-11,15,19-20,22H,12-14,32H2,1H3,(H,26,30)/t15?,19-,20+,22-,24-/m1/s1. The molecule has 0 spiro atoms. The molecule has 2 fully saturated rings. The topological polar surface area (TPSA) is 75.7 Å². The van der Waals surface area contributed by atoms with Crippen molar-refractivity contribution in [2.75, 3.05) is 6.54 Å². The second-order valence-corrected chi connectivity index (χ2v) is 9.27. The van der Waals surface area contributed by atoms with Gasteiger partial charge in [-0.15, -0.1) is 0 Å². The van der Waals surface area contributed by atoms with Gasteiger partial charge in [-0.3, -0.25) is 14.5 Å². The molecule has 0 bridgehead atoms. The van der Waals surface area contributed by atoms with Gasteiger partial charge in [-0.25, -0.2) is 9.18 Å². The van der Waals surface area contributed by atoms with Crippen LogP contribution in [0.3, 0.4) is 0 Å². The molecule has 32 heavy (non-hydrogen) atoms. The number of ketones is 2. The number of nitrogens with zero attached hydrogens (tertiary/aromatic N) is 1. The molecule has 0 saturated carbocycles. The highest BCUT2D eigenvalue weighted by Crippen LogP contribution is 2.49. The lowest BCUT2D eigenvalue weighted by molar-refractivity contribution is -0.0656. The number of hydrogen-bond donors (Lipinski definition) is 1. The summed E-state index contributed by atoms with van der Waals surface area (Å²) in [6.45, 7) is 2.17. The molecule has 2 aliphatic heterocycles. The van der Waals surface area contributed by atoms with Crippen molar-refractivity contribution in [3.05, 3.63) is 71.8 Å². The quantitative estimate of drug-likeness (QED) is 0.530. The Bertz CT molecular complexity index is 1000. The number of hydrogen-bond acceptors (Lipinski definition) is 4. The molecule has 2 unspecified atom stereocenters. The summed E-state index contributed by atoms with van der Waals surface area (Å²) in [5.41, 5.74) is 0.795. The Labute approximate surface area is 188 Å². The third-order valence-electron chi connectivity index (χ3n) is 6.07. The number of benzene rings is 2. The second-order valence-electron chi connectivity index (χ2n) is 8.39. The Balaban J connectivity index is 1.66. The minimum Gasteiger partial charge on any atom is -0.350 e. The molecular weight excluding hydrogens is 430 g/mol. The van der Waals surface area contributed by atoms with Crippen molar-refractivity contribution in [1.29, 1.82) is 0 Å². The fraction of sp³-hybridized carbons (Fsp3) is 0.375. The predicted octanol–water partition coefficient (Wildman–Crippen LogP) is 3.83. The summed E-state index contributed by atoms with van der Waals surface area (Å²) in [5.74, 6) is -1.97. The van der Waals surface area contributed by atoms with E-state index in [9.17, 15) is 14.4 Å². The van der Waals surface area contributed by atoms with E-state index in [1.165, 1.54) is 4.90 Å². The van der Waals surface area contributed by atoms with E-state index in [2.05, 4.69) is 14.6 Å². The molecule has 2 aliphatic rings. The molecule has 1 N–H and O–H groups in total. The lowest BCUT2D eigenvalue weighted by Gasteiger charge is -2.38. The molecule has 2 aromatic carbocycles. The minimum atomic E-state index is -2.26. The van der Waals surface area contributed by atoms with Crippen molar-refractivity contribution in [2.24, 2.45) is 5.92 Å². The summed E-state index contributed by atoms with van der Waals surface area (Å²) in [4.78, 5) is 40.1. The van der Waals surface area contributed by atoms with E-state index in [4.69, 9.17) is 4.74 Å². The van der Waals surface area contributed by atoms with E-state index in [0.717, 1.165) is 0 Å². The second kappa shape index (κ2) is 9.08. The van der Waals surface area contributed by atoms with E-state index in [-0.39, 0.29) is 18.2 Å². The van der Waals surface area contributed by atoms with E-state index >= 15 is 4.39 Å². The molecule has 0 radical (unpaired) electrons. The van der Waals surface area contributed by atoms with Crippen LogP contribution >= 0.6 is 9.24 Å². The smallest absolute Gasteiger partial charge is 0.319 e. The zero-order valence-corrected chi connectivity index (χ0v) is 18.9. The number of halogens is 1. The molecule has 6 nitrogen and oxygen atoms in total. The van der Waals surface area contributed by atoms with Gasteiger partial charge in [0.1, 0.15) is 0 Å². The fourth-order valence-electron chi connectivity index (χ4n) is 4.37. The van der Waals surface area contributed by atoms with E-state index < -0.39 is 35.5 Å². The molecule has 2 heterocycles. The highest BCUT2D eigenvalue weighted by atomic mass is 31.0. The molecule has 4 rings (SSSR count). The monoisotopic (exact) mass is 456 g/mol. The zero-order chi connectivity index (χ0) is 22.9. The maximum Gasteiger partial charge on any atom is 0.319 e. The first-order valence-corrected chi connectivity index (χ1v) is 11.2. The first-order valence-electron chi connectivity index (χ1n) is 10.7. The number of carbonyl (C=O) groups excluding carboxylic acids is 3. The molecule has 2 saturated heterocycles.